The summed E-state index contributed by atoms with van der Waals surface area (Å²) in [5.41, 5.74) is 1.18. The van der Waals surface area contributed by atoms with Crippen molar-refractivity contribution >= 4 is 33.2 Å². The van der Waals surface area contributed by atoms with Gasteiger partial charge in [-0.2, -0.15) is 0 Å². The van der Waals surface area contributed by atoms with E-state index in [2.05, 4.69) is 33.1 Å². The fourth-order valence-corrected chi connectivity index (χ4v) is 2.66. The number of hydrogen-bond donors (Lipinski definition) is 3. The molecule has 108 valence electrons. The number of aromatic hydroxyl groups is 1. The van der Waals surface area contributed by atoms with Crippen LogP contribution >= 0.6 is 27.3 Å². The van der Waals surface area contributed by atoms with Crippen LogP contribution in [0.25, 0.3) is 0 Å². The van der Waals surface area contributed by atoms with Gasteiger partial charge in [-0.05, 0) is 45.6 Å². The molecule has 0 unspecified atom stereocenters. The van der Waals surface area contributed by atoms with Crippen molar-refractivity contribution in [3.8, 4) is 17.6 Å². The highest BCUT2D eigenvalue weighted by Gasteiger charge is 2.09. The molecule has 2 aromatic rings. The summed E-state index contributed by atoms with van der Waals surface area (Å²) in [4.78, 5) is 12.9. The van der Waals surface area contributed by atoms with E-state index in [-0.39, 0.29) is 18.3 Å². The normalized spacial score (nSPS) is 9.81. The van der Waals surface area contributed by atoms with Gasteiger partial charge >= 0.3 is 0 Å². The molecule has 0 saturated carbocycles. The van der Waals surface area contributed by atoms with E-state index in [0.717, 1.165) is 10.4 Å². The molecule has 1 amide bonds. The highest BCUT2D eigenvalue weighted by Crippen LogP contribution is 2.24. The molecule has 0 atom stereocenters. The van der Waals surface area contributed by atoms with Crippen molar-refractivity contribution in [2.75, 3.05) is 6.61 Å². The molecule has 0 fully saturated rings. The molecule has 21 heavy (non-hydrogen) atoms. The van der Waals surface area contributed by atoms with E-state index in [1.165, 1.54) is 17.4 Å². The summed E-state index contributed by atoms with van der Waals surface area (Å²) in [5, 5.41) is 22.9. The van der Waals surface area contributed by atoms with Crippen LogP contribution in [0.4, 0.5) is 0 Å². The Morgan fingerprint density at radius 3 is 2.90 bits per heavy atom. The highest BCUT2D eigenvalue weighted by molar-refractivity contribution is 9.10. The smallest absolute Gasteiger partial charge is 0.251 e. The number of hydrogen-bond acceptors (Lipinski definition) is 4. The number of rotatable bonds is 3. The van der Waals surface area contributed by atoms with Gasteiger partial charge in [0.1, 0.15) is 12.4 Å². The summed E-state index contributed by atoms with van der Waals surface area (Å²) < 4.78 is 0.541. The van der Waals surface area contributed by atoms with Crippen molar-refractivity contribution in [1.82, 2.24) is 5.32 Å². The van der Waals surface area contributed by atoms with Crippen molar-refractivity contribution in [2.45, 2.75) is 6.54 Å². The zero-order valence-corrected chi connectivity index (χ0v) is 13.3. The molecule has 0 aliphatic carbocycles. The van der Waals surface area contributed by atoms with Crippen LogP contribution in [0, 0.1) is 11.8 Å². The van der Waals surface area contributed by atoms with Gasteiger partial charge in [0.05, 0.1) is 11.0 Å². The first-order valence-corrected chi connectivity index (χ1v) is 7.72. The Bertz CT molecular complexity index is 715. The Kier molecular flexibility index (Phi) is 5.39. The van der Waals surface area contributed by atoms with Crippen LogP contribution in [-0.4, -0.2) is 22.7 Å². The fraction of sp³-hybridized carbons (Fsp3) is 0.133. The maximum atomic E-state index is 12.0. The molecule has 0 aliphatic heterocycles. The lowest BCUT2D eigenvalue weighted by atomic mass is 10.2. The van der Waals surface area contributed by atoms with Gasteiger partial charge in [-0.1, -0.05) is 11.8 Å². The predicted molar refractivity (Wildman–Crippen MR) is 85.3 cm³/mol. The third-order valence-corrected chi connectivity index (χ3v) is 4.26. The van der Waals surface area contributed by atoms with Gasteiger partial charge in [-0.15, -0.1) is 11.3 Å². The first-order valence-electron chi connectivity index (χ1n) is 6.04. The summed E-state index contributed by atoms with van der Waals surface area (Å²) in [7, 11) is 0. The Morgan fingerprint density at radius 2 is 2.19 bits per heavy atom. The van der Waals surface area contributed by atoms with E-state index < -0.39 is 0 Å². The van der Waals surface area contributed by atoms with E-state index in [1.54, 1.807) is 12.1 Å². The average molecular weight is 366 g/mol. The monoisotopic (exact) mass is 365 g/mol. The quantitative estimate of drug-likeness (QED) is 0.731. The standard InChI is InChI=1S/C15H12BrNO3S/c16-12-4-3-11(8-13(12)19)15(20)17-9-14-10(2-1-6-18)5-7-21-14/h3-5,7-8,18-19H,6,9H2,(H,17,20). The number of thiophene rings is 1. The van der Waals surface area contributed by atoms with E-state index in [9.17, 15) is 9.90 Å². The van der Waals surface area contributed by atoms with Crippen molar-refractivity contribution in [2.24, 2.45) is 0 Å². The average Bonchev–Trinajstić information content (AvgIpc) is 2.92. The van der Waals surface area contributed by atoms with E-state index in [4.69, 9.17) is 5.11 Å². The summed E-state index contributed by atoms with van der Waals surface area (Å²) in [6.45, 7) is 0.155. The lowest BCUT2D eigenvalue weighted by Gasteiger charge is -2.05. The van der Waals surface area contributed by atoms with E-state index >= 15 is 0 Å². The van der Waals surface area contributed by atoms with Gasteiger partial charge in [-0.25, -0.2) is 0 Å². The zero-order chi connectivity index (χ0) is 15.2. The maximum absolute atomic E-state index is 12.0. The van der Waals surface area contributed by atoms with Gasteiger partial charge < -0.3 is 15.5 Å². The minimum atomic E-state index is -0.271. The highest BCUT2D eigenvalue weighted by atomic mass is 79.9. The minimum Gasteiger partial charge on any atom is -0.507 e. The van der Waals surface area contributed by atoms with E-state index in [0.29, 0.717) is 16.6 Å². The molecular weight excluding hydrogens is 354 g/mol. The number of phenolic OH excluding ortho intramolecular Hbond substituents is 1. The molecule has 0 spiro atoms. The molecule has 2 rings (SSSR count). The zero-order valence-electron chi connectivity index (χ0n) is 10.9. The first-order chi connectivity index (χ1) is 10.1. The Balaban J connectivity index is 2.04. The van der Waals surface area contributed by atoms with Gasteiger partial charge in [0.15, 0.2) is 0 Å². The van der Waals surface area contributed by atoms with Crippen LogP contribution in [0.2, 0.25) is 0 Å². The number of amides is 1. The number of aliphatic hydroxyl groups excluding tert-OH is 1. The summed E-state index contributed by atoms with van der Waals surface area (Å²) in [5.74, 6) is 5.17. The molecule has 1 heterocycles. The van der Waals surface area contributed by atoms with Crippen LogP contribution in [0.1, 0.15) is 20.8 Å². The Hall–Kier alpha value is -1.81. The van der Waals surface area contributed by atoms with Gasteiger partial charge in [0, 0.05) is 16.0 Å². The van der Waals surface area contributed by atoms with Crippen LogP contribution in [-0.2, 0) is 6.54 Å². The summed E-state index contributed by atoms with van der Waals surface area (Å²) >= 11 is 4.65. The second-order valence-electron chi connectivity index (χ2n) is 4.07. The Labute approximate surface area is 134 Å². The van der Waals surface area contributed by atoms with Gasteiger partial charge in [0.25, 0.3) is 5.91 Å². The number of nitrogens with one attached hydrogen (secondary N) is 1. The van der Waals surface area contributed by atoms with E-state index in [1.807, 2.05) is 11.4 Å². The number of halogens is 1. The molecule has 0 saturated heterocycles. The lowest BCUT2D eigenvalue weighted by Crippen LogP contribution is -2.22. The molecule has 0 bridgehead atoms. The molecule has 3 N–H and O–H groups in total. The predicted octanol–water partition coefficient (Wildman–Crippen LogP) is 2.49. The fourth-order valence-electron chi connectivity index (χ4n) is 1.64. The third-order valence-electron chi connectivity index (χ3n) is 2.67. The molecule has 0 aliphatic rings. The molecular formula is C15H12BrNO3S. The minimum absolute atomic E-state index is 0.0216. The van der Waals surface area contributed by atoms with Crippen LogP contribution < -0.4 is 5.32 Å². The van der Waals surface area contributed by atoms with Crippen molar-refractivity contribution in [1.29, 1.82) is 0 Å². The molecule has 4 nitrogen and oxygen atoms in total. The number of carbonyl (C=O) groups excluding carboxylic acids is 1. The van der Waals surface area contributed by atoms with Crippen molar-refractivity contribution in [3.63, 3.8) is 0 Å². The number of phenols is 1. The van der Waals surface area contributed by atoms with Crippen LogP contribution in [0.3, 0.4) is 0 Å². The van der Waals surface area contributed by atoms with Gasteiger partial charge in [0.2, 0.25) is 0 Å². The molecule has 1 aromatic heterocycles. The SMILES string of the molecule is O=C(NCc1sccc1C#CCO)c1ccc(Br)c(O)c1. The van der Waals surface area contributed by atoms with Gasteiger partial charge in [-0.3, -0.25) is 4.79 Å². The van der Waals surface area contributed by atoms with Crippen LogP contribution in [0.5, 0.6) is 5.75 Å². The maximum Gasteiger partial charge on any atom is 0.251 e. The van der Waals surface area contributed by atoms with Crippen molar-refractivity contribution < 1.29 is 15.0 Å². The molecule has 0 radical (unpaired) electrons. The first kappa shape index (κ1) is 15.6. The second-order valence-corrected chi connectivity index (χ2v) is 5.92. The lowest BCUT2D eigenvalue weighted by molar-refractivity contribution is 0.0951. The summed E-state index contributed by atoms with van der Waals surface area (Å²) in [6, 6.07) is 6.49. The Morgan fingerprint density at radius 1 is 1.38 bits per heavy atom. The number of benzene rings is 1. The largest absolute Gasteiger partial charge is 0.507 e. The number of aliphatic hydroxyl groups is 1. The summed E-state index contributed by atoms with van der Waals surface area (Å²) in [6.07, 6.45) is 0. The molecule has 1 aromatic carbocycles. The second kappa shape index (κ2) is 7.27. The topological polar surface area (TPSA) is 69.6 Å². The third kappa shape index (κ3) is 4.08. The van der Waals surface area contributed by atoms with Crippen LogP contribution in [0.15, 0.2) is 34.1 Å². The molecule has 6 heteroatoms. The number of carbonyl (C=O) groups is 1. The van der Waals surface area contributed by atoms with Crippen molar-refractivity contribution in [3.05, 3.63) is 50.1 Å².